The minimum atomic E-state index is -3.28. The Kier molecular flexibility index (Phi) is 3.74. The van der Waals surface area contributed by atoms with Crippen molar-refractivity contribution in [1.29, 1.82) is 0 Å². The van der Waals surface area contributed by atoms with Gasteiger partial charge in [-0.25, -0.2) is 8.42 Å². The fourth-order valence-corrected chi connectivity index (χ4v) is 2.88. The van der Waals surface area contributed by atoms with E-state index in [1.54, 1.807) is 6.07 Å². The lowest BCUT2D eigenvalue weighted by atomic mass is 9.79. The zero-order chi connectivity index (χ0) is 15.3. The quantitative estimate of drug-likeness (QED) is 0.784. The molecule has 110 valence electrons. The Morgan fingerprint density at radius 1 is 1.10 bits per heavy atom. The van der Waals surface area contributed by atoms with Gasteiger partial charge in [0, 0.05) is 16.7 Å². The monoisotopic (exact) mass is 316 g/mol. The van der Waals surface area contributed by atoms with Crippen LogP contribution < -0.4 is 5.46 Å². The predicted molar refractivity (Wildman–Crippen MR) is 80.3 cm³/mol. The van der Waals surface area contributed by atoms with E-state index in [1.807, 2.05) is 27.7 Å². The summed E-state index contributed by atoms with van der Waals surface area (Å²) in [6.45, 7) is 7.80. The number of rotatable bonds is 2. The molecule has 0 aromatic heterocycles. The highest BCUT2D eigenvalue weighted by molar-refractivity contribution is 7.90. The minimum Gasteiger partial charge on any atom is -0.399 e. The van der Waals surface area contributed by atoms with Crippen LogP contribution >= 0.6 is 11.6 Å². The summed E-state index contributed by atoms with van der Waals surface area (Å²) in [5.74, 6) is 0. The van der Waals surface area contributed by atoms with E-state index in [9.17, 15) is 8.42 Å². The van der Waals surface area contributed by atoms with Gasteiger partial charge < -0.3 is 9.31 Å². The zero-order valence-corrected chi connectivity index (χ0v) is 13.8. The molecule has 7 heteroatoms. The van der Waals surface area contributed by atoms with E-state index in [0.29, 0.717) is 10.5 Å². The Morgan fingerprint density at radius 2 is 1.60 bits per heavy atom. The van der Waals surface area contributed by atoms with E-state index in [4.69, 9.17) is 20.9 Å². The smallest absolute Gasteiger partial charge is 0.399 e. The lowest BCUT2D eigenvalue weighted by Crippen LogP contribution is -2.41. The normalized spacial score (nSPS) is 21.2. The van der Waals surface area contributed by atoms with Gasteiger partial charge >= 0.3 is 7.12 Å². The average molecular weight is 317 g/mol. The van der Waals surface area contributed by atoms with Crippen molar-refractivity contribution in [2.75, 3.05) is 6.26 Å². The summed E-state index contributed by atoms with van der Waals surface area (Å²) in [5, 5.41) is 0.325. The standard InChI is InChI=1S/C13H18BClO4S/c1-12(2)13(3,4)19-14(18-12)10-7-6-9(8-11(10)15)20(5,16)17/h6-8H,1-5H3. The average Bonchev–Trinajstić information content (AvgIpc) is 2.46. The molecule has 0 saturated carbocycles. The van der Waals surface area contributed by atoms with Crippen LogP contribution in [0.4, 0.5) is 0 Å². The van der Waals surface area contributed by atoms with Crippen molar-refractivity contribution in [3.63, 3.8) is 0 Å². The third-order valence-electron chi connectivity index (χ3n) is 3.91. The highest BCUT2D eigenvalue weighted by Crippen LogP contribution is 2.37. The summed E-state index contributed by atoms with van der Waals surface area (Å²) in [6.07, 6.45) is 1.15. The van der Waals surface area contributed by atoms with Gasteiger partial charge in [-0.05, 0) is 39.8 Å². The molecule has 0 N–H and O–H groups in total. The van der Waals surface area contributed by atoms with Crippen molar-refractivity contribution >= 4 is 34.0 Å². The van der Waals surface area contributed by atoms with Crippen molar-refractivity contribution in [3.8, 4) is 0 Å². The van der Waals surface area contributed by atoms with Crippen LogP contribution in [0.3, 0.4) is 0 Å². The second-order valence-electron chi connectivity index (χ2n) is 6.04. The molecule has 20 heavy (non-hydrogen) atoms. The molecule has 0 bridgehead atoms. The zero-order valence-electron chi connectivity index (χ0n) is 12.2. The van der Waals surface area contributed by atoms with Crippen LogP contribution in [0.1, 0.15) is 27.7 Å². The SMILES string of the molecule is CC1(C)OB(c2ccc(S(C)(=O)=O)cc2Cl)OC1(C)C. The molecule has 4 nitrogen and oxygen atoms in total. The lowest BCUT2D eigenvalue weighted by molar-refractivity contribution is 0.00578. The van der Waals surface area contributed by atoms with Crippen LogP contribution in [0.15, 0.2) is 23.1 Å². The van der Waals surface area contributed by atoms with Crippen LogP contribution in [0, 0.1) is 0 Å². The second kappa shape index (κ2) is 4.73. The molecule has 1 aliphatic heterocycles. The van der Waals surface area contributed by atoms with E-state index >= 15 is 0 Å². The van der Waals surface area contributed by atoms with Gasteiger partial charge in [-0.15, -0.1) is 0 Å². The van der Waals surface area contributed by atoms with Crippen LogP contribution in [-0.2, 0) is 19.1 Å². The van der Waals surface area contributed by atoms with Gasteiger partial charge in [-0.1, -0.05) is 17.7 Å². The topological polar surface area (TPSA) is 52.6 Å². The Hall–Kier alpha value is -0.555. The molecule has 1 saturated heterocycles. The van der Waals surface area contributed by atoms with Gasteiger partial charge in [0.2, 0.25) is 0 Å². The van der Waals surface area contributed by atoms with E-state index in [2.05, 4.69) is 0 Å². The first-order valence-electron chi connectivity index (χ1n) is 6.29. The van der Waals surface area contributed by atoms with Crippen molar-refractivity contribution < 1.29 is 17.7 Å². The van der Waals surface area contributed by atoms with Gasteiger partial charge in [-0.2, -0.15) is 0 Å². The molecule has 0 amide bonds. The lowest BCUT2D eigenvalue weighted by Gasteiger charge is -2.32. The van der Waals surface area contributed by atoms with E-state index in [0.717, 1.165) is 6.26 Å². The summed E-state index contributed by atoms with van der Waals surface area (Å²) in [5.41, 5.74) is -0.287. The Bertz CT molecular complexity index is 624. The molecule has 0 unspecified atom stereocenters. The third kappa shape index (κ3) is 2.75. The van der Waals surface area contributed by atoms with Gasteiger partial charge in [-0.3, -0.25) is 0 Å². The summed E-state index contributed by atoms with van der Waals surface area (Å²) in [6, 6.07) is 4.58. The van der Waals surface area contributed by atoms with Crippen molar-refractivity contribution in [3.05, 3.63) is 23.2 Å². The largest absolute Gasteiger partial charge is 0.496 e. The maximum absolute atomic E-state index is 11.5. The molecule has 1 aliphatic rings. The number of sulfone groups is 1. The van der Waals surface area contributed by atoms with E-state index in [-0.39, 0.29) is 4.90 Å². The molecule has 0 aliphatic carbocycles. The van der Waals surface area contributed by atoms with E-state index in [1.165, 1.54) is 12.1 Å². The Labute approximate surface area is 125 Å². The van der Waals surface area contributed by atoms with Crippen molar-refractivity contribution in [2.24, 2.45) is 0 Å². The molecule has 1 aromatic rings. The fourth-order valence-electron chi connectivity index (χ4n) is 1.90. The number of hydrogen-bond acceptors (Lipinski definition) is 4. The van der Waals surface area contributed by atoms with Crippen LogP contribution in [0.5, 0.6) is 0 Å². The molecule has 1 heterocycles. The molecule has 1 aromatic carbocycles. The summed E-state index contributed by atoms with van der Waals surface area (Å²) >= 11 is 6.18. The van der Waals surface area contributed by atoms with Gasteiger partial charge in [0.05, 0.1) is 16.1 Å². The van der Waals surface area contributed by atoms with Crippen LogP contribution in [0.25, 0.3) is 0 Å². The first-order chi connectivity index (χ1) is 8.94. The van der Waals surface area contributed by atoms with Gasteiger partial charge in [0.1, 0.15) is 0 Å². The maximum atomic E-state index is 11.5. The minimum absolute atomic E-state index is 0.183. The molecular formula is C13H18BClO4S. The van der Waals surface area contributed by atoms with Gasteiger partial charge in [0.15, 0.2) is 9.84 Å². The number of hydrogen-bond donors (Lipinski definition) is 0. The van der Waals surface area contributed by atoms with Crippen LogP contribution in [-0.4, -0.2) is 33.0 Å². The predicted octanol–water partition coefficient (Wildman–Crippen LogP) is 2.04. The first-order valence-corrected chi connectivity index (χ1v) is 8.56. The second-order valence-corrected chi connectivity index (χ2v) is 8.47. The Morgan fingerprint density at radius 3 is 2.00 bits per heavy atom. The summed E-state index contributed by atoms with van der Waals surface area (Å²) in [4.78, 5) is 0.183. The molecule has 0 atom stereocenters. The van der Waals surface area contributed by atoms with Crippen molar-refractivity contribution in [2.45, 2.75) is 43.8 Å². The fraction of sp³-hybridized carbons (Fsp3) is 0.538. The number of halogens is 1. The van der Waals surface area contributed by atoms with Crippen molar-refractivity contribution in [1.82, 2.24) is 0 Å². The highest BCUT2D eigenvalue weighted by Gasteiger charge is 2.52. The van der Waals surface area contributed by atoms with Gasteiger partial charge in [0.25, 0.3) is 0 Å². The molecule has 0 spiro atoms. The maximum Gasteiger partial charge on any atom is 0.496 e. The third-order valence-corrected chi connectivity index (χ3v) is 5.34. The van der Waals surface area contributed by atoms with Crippen LogP contribution in [0.2, 0.25) is 5.02 Å². The highest BCUT2D eigenvalue weighted by atomic mass is 35.5. The van der Waals surface area contributed by atoms with E-state index < -0.39 is 28.2 Å². The Balaban J connectivity index is 2.37. The molecule has 1 fully saturated rings. The summed E-state index contributed by atoms with van der Waals surface area (Å²) in [7, 11) is -3.87. The summed E-state index contributed by atoms with van der Waals surface area (Å²) < 4.78 is 34.8. The molecule has 2 rings (SSSR count). The number of benzene rings is 1. The molecule has 0 radical (unpaired) electrons. The first kappa shape index (κ1) is 15.8. The molecular weight excluding hydrogens is 298 g/mol.